The quantitative estimate of drug-likeness (QED) is 0.300. The van der Waals surface area contributed by atoms with Gasteiger partial charge in [0.15, 0.2) is 0 Å². The van der Waals surface area contributed by atoms with Crippen molar-refractivity contribution in [3.8, 4) is 0 Å². The summed E-state index contributed by atoms with van der Waals surface area (Å²) in [5, 5.41) is 7.99. The number of nitrogens with two attached hydrogens (primary N) is 1. The molecule has 56 valence electrons. The van der Waals surface area contributed by atoms with E-state index in [9.17, 15) is 4.79 Å². The molecule has 0 aromatic heterocycles. The lowest BCUT2D eigenvalue weighted by Gasteiger charge is -2.12. The molecule has 5 nitrogen and oxygen atoms in total. The van der Waals surface area contributed by atoms with Gasteiger partial charge in [-0.25, -0.2) is 10.4 Å². The van der Waals surface area contributed by atoms with Crippen LogP contribution in [-0.4, -0.2) is 22.9 Å². The van der Waals surface area contributed by atoms with Gasteiger partial charge < -0.3 is 5.73 Å². The van der Waals surface area contributed by atoms with E-state index in [2.05, 4.69) is 5.43 Å². The van der Waals surface area contributed by atoms with Gasteiger partial charge >= 0.3 is 0 Å². The lowest BCUT2D eigenvalue weighted by Crippen LogP contribution is -2.45. The number of carbonyl (C=O) groups is 1. The van der Waals surface area contributed by atoms with Crippen LogP contribution in [0, 0.1) is 5.41 Å². The number of guanidine groups is 1. The molecule has 5 heteroatoms. The number of rotatable bonds is 0. The zero-order valence-electron chi connectivity index (χ0n) is 5.72. The van der Waals surface area contributed by atoms with Crippen molar-refractivity contribution in [1.82, 2.24) is 10.4 Å². The second kappa shape index (κ2) is 2.26. The minimum absolute atomic E-state index is 0.0939. The van der Waals surface area contributed by atoms with Crippen LogP contribution in [0.4, 0.5) is 0 Å². The van der Waals surface area contributed by atoms with Gasteiger partial charge in [-0.1, -0.05) is 0 Å². The summed E-state index contributed by atoms with van der Waals surface area (Å²) in [5.41, 5.74) is 7.81. The van der Waals surface area contributed by atoms with Crippen molar-refractivity contribution in [2.45, 2.75) is 19.4 Å². The van der Waals surface area contributed by atoms with E-state index in [1.165, 1.54) is 0 Å². The first-order valence-electron chi connectivity index (χ1n) is 3.04. The van der Waals surface area contributed by atoms with Gasteiger partial charge in [0.05, 0.1) is 0 Å². The van der Waals surface area contributed by atoms with Crippen molar-refractivity contribution in [3.63, 3.8) is 0 Å². The number of nitrogens with one attached hydrogen (secondary N) is 2. The van der Waals surface area contributed by atoms with Crippen LogP contribution in [-0.2, 0) is 4.79 Å². The van der Waals surface area contributed by atoms with E-state index in [4.69, 9.17) is 11.1 Å². The summed E-state index contributed by atoms with van der Waals surface area (Å²) in [7, 11) is 0. The first-order valence-corrected chi connectivity index (χ1v) is 3.04. The van der Waals surface area contributed by atoms with Gasteiger partial charge in [-0.2, -0.15) is 0 Å². The summed E-state index contributed by atoms with van der Waals surface area (Å²) in [4.78, 5) is 10.9. The van der Waals surface area contributed by atoms with Gasteiger partial charge in [0, 0.05) is 12.5 Å². The van der Waals surface area contributed by atoms with Crippen LogP contribution < -0.4 is 11.2 Å². The molecule has 0 saturated carbocycles. The van der Waals surface area contributed by atoms with Crippen LogP contribution in [0.15, 0.2) is 0 Å². The first kappa shape index (κ1) is 7.01. The van der Waals surface area contributed by atoms with Crippen LogP contribution in [0.3, 0.4) is 0 Å². The Hall–Kier alpha value is -1.10. The second-order valence-corrected chi connectivity index (χ2v) is 2.35. The smallest absolute Gasteiger partial charge is 0.245 e. The minimum atomic E-state index is -0.241. The Morgan fingerprint density at radius 2 is 2.60 bits per heavy atom. The van der Waals surface area contributed by atoms with Crippen LogP contribution in [0.1, 0.15) is 13.3 Å². The molecule has 1 rings (SSSR count). The number of hydrogen-bond donors (Lipinski definition) is 3. The molecule has 1 atom stereocenters. The fourth-order valence-corrected chi connectivity index (χ4v) is 0.895. The van der Waals surface area contributed by atoms with E-state index in [0.717, 1.165) is 5.01 Å². The third-order valence-electron chi connectivity index (χ3n) is 1.32. The maximum absolute atomic E-state index is 10.9. The predicted octanol–water partition coefficient (Wildman–Crippen LogP) is -0.995. The highest BCUT2D eigenvalue weighted by molar-refractivity contribution is 5.95. The summed E-state index contributed by atoms with van der Waals surface area (Å²) in [5.74, 6) is -0.380. The van der Waals surface area contributed by atoms with Crippen LogP contribution in [0.25, 0.3) is 0 Å². The minimum Gasteiger partial charge on any atom is -0.369 e. The molecule has 0 aromatic rings. The SMILES string of the molecule is CC1CC(=O)N(C(=N)N)N1. The van der Waals surface area contributed by atoms with Crippen molar-refractivity contribution in [1.29, 1.82) is 5.41 Å². The summed E-state index contributed by atoms with van der Waals surface area (Å²) in [6.07, 6.45) is 0.416. The molecule has 0 aromatic carbocycles. The standard InChI is InChI=1S/C5H10N4O/c1-3-2-4(10)9(8-3)5(6)7/h3,8H,2H2,1H3,(H3,6,7). The van der Waals surface area contributed by atoms with Crippen LogP contribution in [0.2, 0.25) is 0 Å². The maximum Gasteiger partial charge on any atom is 0.245 e. The number of hydrazine groups is 1. The Morgan fingerprint density at radius 3 is 2.80 bits per heavy atom. The number of hydrogen-bond acceptors (Lipinski definition) is 3. The average molecular weight is 142 g/mol. The van der Waals surface area contributed by atoms with Gasteiger partial charge in [0.25, 0.3) is 0 Å². The second-order valence-electron chi connectivity index (χ2n) is 2.35. The zero-order valence-corrected chi connectivity index (χ0v) is 5.72. The molecule has 0 radical (unpaired) electrons. The Balaban J connectivity index is 2.63. The number of amides is 1. The Kier molecular flexibility index (Phi) is 1.58. The molecule has 4 N–H and O–H groups in total. The van der Waals surface area contributed by atoms with E-state index in [-0.39, 0.29) is 17.9 Å². The Labute approximate surface area is 58.7 Å². The van der Waals surface area contributed by atoms with E-state index in [0.29, 0.717) is 6.42 Å². The fourth-order valence-electron chi connectivity index (χ4n) is 0.895. The van der Waals surface area contributed by atoms with Crippen molar-refractivity contribution >= 4 is 11.9 Å². The van der Waals surface area contributed by atoms with E-state index < -0.39 is 0 Å². The topological polar surface area (TPSA) is 82.2 Å². The largest absolute Gasteiger partial charge is 0.369 e. The monoisotopic (exact) mass is 142 g/mol. The molecule has 1 amide bonds. The lowest BCUT2D eigenvalue weighted by molar-refractivity contribution is -0.125. The van der Waals surface area contributed by atoms with Crippen molar-refractivity contribution in [2.24, 2.45) is 5.73 Å². The molecule has 1 aliphatic rings. The van der Waals surface area contributed by atoms with Crippen LogP contribution in [0.5, 0.6) is 0 Å². The van der Waals surface area contributed by atoms with Gasteiger partial charge in [-0.3, -0.25) is 10.2 Å². The normalized spacial score (nSPS) is 25.5. The highest BCUT2D eigenvalue weighted by Gasteiger charge is 2.27. The lowest BCUT2D eigenvalue weighted by atomic mass is 10.3. The molecule has 10 heavy (non-hydrogen) atoms. The summed E-state index contributed by atoms with van der Waals surface area (Å²) < 4.78 is 0. The molecule has 1 saturated heterocycles. The van der Waals surface area contributed by atoms with E-state index in [1.807, 2.05) is 6.92 Å². The van der Waals surface area contributed by atoms with Crippen molar-refractivity contribution < 1.29 is 4.79 Å². The molecule has 1 heterocycles. The van der Waals surface area contributed by atoms with Crippen molar-refractivity contribution in [3.05, 3.63) is 0 Å². The summed E-state index contributed by atoms with van der Waals surface area (Å²) in [6, 6.07) is 0.0939. The molecule has 0 spiro atoms. The van der Waals surface area contributed by atoms with Gasteiger partial charge in [0.1, 0.15) is 0 Å². The average Bonchev–Trinajstić information content (AvgIpc) is 2.10. The number of nitrogens with zero attached hydrogens (tertiary/aromatic N) is 1. The molecular formula is C5H10N4O. The molecule has 1 unspecified atom stereocenters. The van der Waals surface area contributed by atoms with E-state index >= 15 is 0 Å². The molecule has 1 aliphatic heterocycles. The zero-order chi connectivity index (χ0) is 7.72. The molecular weight excluding hydrogens is 132 g/mol. The highest BCUT2D eigenvalue weighted by Crippen LogP contribution is 2.04. The first-order chi connectivity index (χ1) is 4.61. The predicted molar refractivity (Wildman–Crippen MR) is 36.0 cm³/mol. The molecule has 1 fully saturated rings. The third kappa shape index (κ3) is 1.08. The maximum atomic E-state index is 10.9. The van der Waals surface area contributed by atoms with Gasteiger partial charge in [-0.05, 0) is 6.92 Å². The Morgan fingerprint density at radius 1 is 2.00 bits per heavy atom. The molecule has 0 bridgehead atoms. The van der Waals surface area contributed by atoms with Crippen molar-refractivity contribution in [2.75, 3.05) is 0 Å². The fraction of sp³-hybridized carbons (Fsp3) is 0.600. The molecule has 0 aliphatic carbocycles. The van der Waals surface area contributed by atoms with Crippen LogP contribution >= 0.6 is 0 Å². The van der Waals surface area contributed by atoms with Gasteiger partial charge in [0.2, 0.25) is 11.9 Å². The Bertz CT molecular complexity index is 178. The number of carbonyl (C=O) groups excluding carboxylic acids is 1. The highest BCUT2D eigenvalue weighted by atomic mass is 16.2. The van der Waals surface area contributed by atoms with Gasteiger partial charge in [-0.15, -0.1) is 0 Å². The summed E-state index contributed by atoms with van der Waals surface area (Å²) in [6.45, 7) is 1.86. The summed E-state index contributed by atoms with van der Waals surface area (Å²) >= 11 is 0. The van der Waals surface area contributed by atoms with E-state index in [1.54, 1.807) is 0 Å². The third-order valence-corrected chi connectivity index (χ3v) is 1.32.